The third-order valence-corrected chi connectivity index (χ3v) is 6.85. The Morgan fingerprint density at radius 3 is 2.27 bits per heavy atom. The topological polar surface area (TPSA) is 116 Å². The Hall–Kier alpha value is -3.72. The fourth-order valence-corrected chi connectivity index (χ4v) is 4.89. The summed E-state index contributed by atoms with van der Waals surface area (Å²) in [7, 11) is 0. The first-order valence-electron chi connectivity index (χ1n) is 12.8. The summed E-state index contributed by atoms with van der Waals surface area (Å²) < 4.78 is 0. The summed E-state index contributed by atoms with van der Waals surface area (Å²) in [5, 5.41) is 7.20. The van der Waals surface area contributed by atoms with E-state index in [9.17, 15) is 9.59 Å². The van der Waals surface area contributed by atoms with Crippen molar-refractivity contribution in [3.8, 4) is 0 Å². The number of anilines is 2. The van der Waals surface area contributed by atoms with E-state index in [0.29, 0.717) is 44.4 Å². The highest BCUT2D eigenvalue weighted by Crippen LogP contribution is 2.24. The molecule has 196 valence electrons. The molecule has 1 saturated heterocycles. The van der Waals surface area contributed by atoms with Gasteiger partial charge in [0.05, 0.1) is 12.1 Å². The smallest absolute Gasteiger partial charge is 0.321 e. The molecule has 4 N–H and O–H groups in total. The Morgan fingerprint density at radius 2 is 1.65 bits per heavy atom. The van der Waals surface area contributed by atoms with Gasteiger partial charge in [-0.3, -0.25) is 9.69 Å². The molecule has 1 aromatic heterocycles. The van der Waals surface area contributed by atoms with Crippen molar-refractivity contribution >= 4 is 34.3 Å². The molecule has 0 spiro atoms. The van der Waals surface area contributed by atoms with Gasteiger partial charge < -0.3 is 21.3 Å². The minimum absolute atomic E-state index is 0.0152. The molecule has 2 heterocycles. The highest BCUT2D eigenvalue weighted by Gasteiger charge is 2.24. The van der Waals surface area contributed by atoms with Crippen LogP contribution in [-0.4, -0.2) is 63.9 Å². The van der Waals surface area contributed by atoms with Gasteiger partial charge in [0.25, 0.3) is 0 Å². The number of carbonyl (C=O) groups excluding carboxylic acids is 2. The highest BCUT2D eigenvalue weighted by atomic mass is 16.2. The van der Waals surface area contributed by atoms with Crippen molar-refractivity contribution in [2.24, 2.45) is 11.7 Å². The first-order valence-corrected chi connectivity index (χ1v) is 12.8. The van der Waals surface area contributed by atoms with E-state index in [1.807, 2.05) is 56.9 Å². The molecule has 0 bridgehead atoms. The molecule has 0 aliphatic carbocycles. The van der Waals surface area contributed by atoms with Crippen molar-refractivity contribution in [3.05, 3.63) is 58.9 Å². The minimum atomic E-state index is -0.533. The van der Waals surface area contributed by atoms with Gasteiger partial charge >= 0.3 is 6.03 Å². The van der Waals surface area contributed by atoms with Crippen molar-refractivity contribution in [1.82, 2.24) is 19.8 Å². The number of hydrogen-bond donors (Lipinski definition) is 3. The number of primary amides is 1. The fraction of sp³-hybridized carbons (Fsp3) is 0.429. The molecule has 1 aliphatic heterocycles. The lowest BCUT2D eigenvalue weighted by atomic mass is 10.0. The zero-order chi connectivity index (χ0) is 26.7. The largest absolute Gasteiger partial charge is 0.368 e. The first-order chi connectivity index (χ1) is 17.6. The van der Waals surface area contributed by atoms with Crippen molar-refractivity contribution < 1.29 is 9.59 Å². The number of amides is 3. The minimum Gasteiger partial charge on any atom is -0.368 e. The average molecular weight is 504 g/mol. The van der Waals surface area contributed by atoms with Gasteiger partial charge in [0.1, 0.15) is 17.7 Å². The maximum Gasteiger partial charge on any atom is 0.321 e. The van der Waals surface area contributed by atoms with Crippen LogP contribution in [0, 0.1) is 26.7 Å². The summed E-state index contributed by atoms with van der Waals surface area (Å²) in [6, 6.07) is 11.3. The molecular weight excluding hydrogens is 466 g/mol. The molecule has 1 fully saturated rings. The third kappa shape index (κ3) is 6.17. The van der Waals surface area contributed by atoms with Crippen LogP contribution in [0.15, 0.2) is 36.4 Å². The van der Waals surface area contributed by atoms with Crippen LogP contribution >= 0.6 is 0 Å². The van der Waals surface area contributed by atoms with Crippen molar-refractivity contribution in [1.29, 1.82) is 0 Å². The van der Waals surface area contributed by atoms with Gasteiger partial charge in [0.15, 0.2) is 0 Å². The number of nitrogens with zero attached hydrogens (tertiary/aromatic N) is 4. The van der Waals surface area contributed by atoms with Gasteiger partial charge in [-0.1, -0.05) is 43.7 Å². The normalized spacial score (nSPS) is 15.1. The van der Waals surface area contributed by atoms with E-state index in [4.69, 9.17) is 15.7 Å². The Labute approximate surface area is 218 Å². The Kier molecular flexibility index (Phi) is 7.92. The predicted octanol–water partition coefficient (Wildman–Crippen LogP) is 3.83. The van der Waals surface area contributed by atoms with E-state index in [1.54, 1.807) is 0 Å². The maximum absolute atomic E-state index is 13.0. The number of fused-ring (bicyclic) bond motifs is 1. The van der Waals surface area contributed by atoms with Crippen LogP contribution in [0.3, 0.4) is 0 Å². The number of carbonyl (C=O) groups is 2. The molecule has 3 aromatic rings. The lowest BCUT2D eigenvalue weighted by molar-refractivity contribution is -0.119. The number of aromatic nitrogens is 2. The first kappa shape index (κ1) is 26.3. The average Bonchev–Trinajstić information content (AvgIpc) is 2.84. The number of nitrogens with one attached hydrogen (secondary N) is 2. The zero-order valence-corrected chi connectivity index (χ0v) is 22.3. The standard InChI is InChI=1S/C28H37N7O2/c1-17(2)24(26(29)36)32-27-21-8-6-7-9-22(21)30-23(31-27)16-34-10-12-35(13-11-34)28(37)33-25-19(4)14-18(3)15-20(25)5/h6-9,14-15,17,24H,10-13,16H2,1-5H3,(H2,29,36)(H,33,37)(H,30,31,32)/t24-/m0/s1. The van der Waals surface area contributed by atoms with E-state index in [1.165, 1.54) is 5.56 Å². The van der Waals surface area contributed by atoms with Crippen molar-refractivity contribution in [2.75, 3.05) is 36.8 Å². The summed E-state index contributed by atoms with van der Waals surface area (Å²) in [6.07, 6.45) is 0. The van der Waals surface area contributed by atoms with Crippen LogP contribution in [0.5, 0.6) is 0 Å². The summed E-state index contributed by atoms with van der Waals surface area (Å²) >= 11 is 0. The summed E-state index contributed by atoms with van der Waals surface area (Å²) in [5.41, 5.74) is 10.7. The van der Waals surface area contributed by atoms with Crippen LogP contribution in [0.1, 0.15) is 36.4 Å². The maximum atomic E-state index is 13.0. The van der Waals surface area contributed by atoms with Crippen molar-refractivity contribution in [2.45, 2.75) is 47.2 Å². The number of para-hydroxylation sites is 1. The molecule has 9 nitrogen and oxygen atoms in total. The molecule has 9 heteroatoms. The monoisotopic (exact) mass is 503 g/mol. The second kappa shape index (κ2) is 11.1. The van der Waals surface area contributed by atoms with E-state index < -0.39 is 11.9 Å². The molecule has 0 radical (unpaired) electrons. The Bertz CT molecular complexity index is 1280. The number of aryl methyl sites for hydroxylation is 3. The molecule has 0 unspecified atom stereocenters. The number of piperazine rings is 1. The number of nitrogens with two attached hydrogens (primary N) is 1. The molecule has 1 aliphatic rings. The van der Waals surface area contributed by atoms with Gasteiger partial charge in [-0.15, -0.1) is 0 Å². The molecule has 37 heavy (non-hydrogen) atoms. The Balaban J connectivity index is 1.43. The summed E-state index contributed by atoms with van der Waals surface area (Å²) in [5.74, 6) is 0.878. The van der Waals surface area contributed by atoms with Crippen LogP contribution in [0.25, 0.3) is 10.9 Å². The molecule has 3 amide bonds. The lowest BCUT2D eigenvalue weighted by Crippen LogP contribution is -2.49. The van der Waals surface area contributed by atoms with Gasteiger partial charge in [-0.2, -0.15) is 0 Å². The van der Waals surface area contributed by atoms with Gasteiger partial charge in [0, 0.05) is 37.3 Å². The second-order valence-corrected chi connectivity index (χ2v) is 10.2. The van der Waals surface area contributed by atoms with Gasteiger partial charge in [-0.25, -0.2) is 14.8 Å². The van der Waals surface area contributed by atoms with E-state index in [-0.39, 0.29) is 11.9 Å². The van der Waals surface area contributed by atoms with Gasteiger partial charge in [0.2, 0.25) is 5.91 Å². The van der Waals surface area contributed by atoms with Crippen LogP contribution < -0.4 is 16.4 Å². The van der Waals surface area contributed by atoms with Crippen LogP contribution in [0.4, 0.5) is 16.3 Å². The third-order valence-electron chi connectivity index (χ3n) is 6.85. The number of rotatable bonds is 7. The predicted molar refractivity (Wildman–Crippen MR) is 148 cm³/mol. The van der Waals surface area contributed by atoms with Crippen LogP contribution in [-0.2, 0) is 11.3 Å². The number of urea groups is 1. The molecule has 1 atom stereocenters. The Morgan fingerprint density at radius 1 is 1.00 bits per heavy atom. The van der Waals surface area contributed by atoms with Gasteiger partial charge in [-0.05, 0) is 49.9 Å². The highest BCUT2D eigenvalue weighted by molar-refractivity contribution is 5.92. The number of benzene rings is 2. The molecule has 0 saturated carbocycles. The van der Waals surface area contributed by atoms with Crippen molar-refractivity contribution in [3.63, 3.8) is 0 Å². The lowest BCUT2D eigenvalue weighted by Gasteiger charge is -2.34. The SMILES string of the molecule is Cc1cc(C)c(NC(=O)N2CCN(Cc3nc(N[C@H](C(N)=O)C(C)C)c4ccccc4n3)CC2)c(C)c1. The van der Waals surface area contributed by atoms with E-state index in [2.05, 4.69) is 34.6 Å². The summed E-state index contributed by atoms with van der Waals surface area (Å²) in [4.78, 5) is 38.6. The molecule has 2 aromatic carbocycles. The quantitative estimate of drug-likeness (QED) is 0.451. The zero-order valence-electron chi connectivity index (χ0n) is 22.3. The molecule has 4 rings (SSSR count). The summed E-state index contributed by atoms with van der Waals surface area (Å²) in [6.45, 7) is 13.2. The van der Waals surface area contributed by atoms with E-state index >= 15 is 0 Å². The molecular formula is C28H37N7O2. The van der Waals surface area contributed by atoms with Crippen LogP contribution in [0.2, 0.25) is 0 Å². The second-order valence-electron chi connectivity index (χ2n) is 10.2. The van der Waals surface area contributed by atoms with E-state index in [0.717, 1.165) is 27.7 Å². The number of hydrogen-bond acceptors (Lipinski definition) is 6. The fourth-order valence-electron chi connectivity index (χ4n) is 4.89.